The van der Waals surface area contributed by atoms with Gasteiger partial charge in [-0.3, -0.25) is 9.59 Å². The van der Waals surface area contributed by atoms with Gasteiger partial charge in [0.2, 0.25) is 5.91 Å². The van der Waals surface area contributed by atoms with Crippen molar-refractivity contribution in [3.63, 3.8) is 0 Å². The molecule has 2 N–H and O–H groups in total. The summed E-state index contributed by atoms with van der Waals surface area (Å²) in [6, 6.07) is 16.0. The number of benzene rings is 2. The Morgan fingerprint density at radius 3 is 2.70 bits per heavy atom. The van der Waals surface area contributed by atoms with E-state index in [1.54, 1.807) is 0 Å². The number of nitrogens with one attached hydrogen (secondary N) is 2. The van der Waals surface area contributed by atoms with Crippen LogP contribution in [0.5, 0.6) is 0 Å². The van der Waals surface area contributed by atoms with Crippen LogP contribution in [0.15, 0.2) is 54.7 Å². The Bertz CT molecular complexity index is 1160. The zero-order valence-corrected chi connectivity index (χ0v) is 19.4. The predicted molar refractivity (Wildman–Crippen MR) is 131 cm³/mol. The number of hydrogen-bond acceptors (Lipinski definition) is 2. The molecule has 5 heteroatoms. The van der Waals surface area contributed by atoms with Crippen molar-refractivity contribution in [3.05, 3.63) is 71.4 Å². The van der Waals surface area contributed by atoms with Crippen LogP contribution in [0, 0.1) is 0 Å². The van der Waals surface area contributed by atoms with Gasteiger partial charge in [0.05, 0.1) is 11.5 Å². The number of hydrogen-bond donors (Lipinski definition) is 2. The van der Waals surface area contributed by atoms with Gasteiger partial charge in [0, 0.05) is 35.8 Å². The number of para-hydroxylation sites is 1. The van der Waals surface area contributed by atoms with Crippen LogP contribution >= 0.6 is 0 Å². The molecule has 1 aromatic heterocycles. The van der Waals surface area contributed by atoms with Crippen LogP contribution in [0.25, 0.3) is 10.9 Å². The molecule has 5 rings (SSSR count). The van der Waals surface area contributed by atoms with E-state index < -0.39 is 5.54 Å². The van der Waals surface area contributed by atoms with E-state index in [0.29, 0.717) is 12.1 Å². The summed E-state index contributed by atoms with van der Waals surface area (Å²) in [5.41, 5.74) is 3.54. The summed E-state index contributed by atoms with van der Waals surface area (Å²) in [5, 5.41) is 4.45. The molecule has 1 spiro atoms. The SMILES string of the molecule is CCCCN1C(=O)c2ccccc2[C@H](C(=O)NCCc2c[nH]c3ccccc23)C12CCCC2. The number of carbonyl (C=O) groups is 2. The third-order valence-corrected chi connectivity index (χ3v) is 7.66. The molecule has 172 valence electrons. The van der Waals surface area contributed by atoms with Crippen molar-refractivity contribution in [2.24, 2.45) is 0 Å². The fraction of sp³-hybridized carbons (Fsp3) is 0.429. The molecule has 33 heavy (non-hydrogen) atoms. The summed E-state index contributed by atoms with van der Waals surface area (Å²) in [5.74, 6) is -0.157. The van der Waals surface area contributed by atoms with Gasteiger partial charge in [-0.2, -0.15) is 0 Å². The maximum atomic E-state index is 13.8. The summed E-state index contributed by atoms with van der Waals surface area (Å²) in [6.07, 6.45) is 8.74. The molecule has 0 radical (unpaired) electrons. The van der Waals surface area contributed by atoms with Crippen molar-refractivity contribution in [2.75, 3.05) is 13.1 Å². The van der Waals surface area contributed by atoms with Crippen LogP contribution in [0.3, 0.4) is 0 Å². The van der Waals surface area contributed by atoms with Crippen LogP contribution in [-0.4, -0.2) is 40.3 Å². The third kappa shape index (κ3) is 3.73. The molecule has 5 nitrogen and oxygen atoms in total. The number of aromatic amines is 1. The minimum Gasteiger partial charge on any atom is -0.361 e. The molecule has 2 aromatic carbocycles. The first-order valence-electron chi connectivity index (χ1n) is 12.4. The quantitative estimate of drug-likeness (QED) is 0.528. The standard InChI is InChI=1S/C28H33N3O2/c1-2-3-18-31-27(33)23-12-5-4-11-22(23)25(28(31)15-8-9-16-28)26(32)29-17-14-20-19-30-24-13-7-6-10-21(20)24/h4-7,10-13,19,25,30H,2-3,8-9,14-18H2,1H3,(H,29,32)/t25-/m1/s1. The van der Waals surface area contributed by atoms with E-state index in [1.807, 2.05) is 42.6 Å². The molecule has 1 aliphatic heterocycles. The van der Waals surface area contributed by atoms with E-state index in [-0.39, 0.29) is 17.7 Å². The Balaban J connectivity index is 1.42. The Kier molecular flexibility index (Phi) is 5.96. The average molecular weight is 444 g/mol. The first-order valence-corrected chi connectivity index (χ1v) is 12.4. The van der Waals surface area contributed by atoms with Crippen molar-refractivity contribution in [1.82, 2.24) is 15.2 Å². The van der Waals surface area contributed by atoms with Crippen LogP contribution in [-0.2, 0) is 11.2 Å². The number of carbonyl (C=O) groups excluding carboxylic acids is 2. The van der Waals surface area contributed by atoms with Crippen molar-refractivity contribution in [1.29, 1.82) is 0 Å². The van der Waals surface area contributed by atoms with Crippen LogP contribution in [0.4, 0.5) is 0 Å². The summed E-state index contributed by atoms with van der Waals surface area (Å²) >= 11 is 0. The molecule has 1 saturated carbocycles. The summed E-state index contributed by atoms with van der Waals surface area (Å²) in [6.45, 7) is 3.46. The Hall–Kier alpha value is -3.08. The largest absolute Gasteiger partial charge is 0.361 e. The molecule has 0 bridgehead atoms. The minimum atomic E-state index is -0.397. The van der Waals surface area contributed by atoms with Gasteiger partial charge in [-0.1, -0.05) is 62.6 Å². The van der Waals surface area contributed by atoms with Crippen molar-refractivity contribution < 1.29 is 9.59 Å². The molecule has 1 atom stereocenters. The van der Waals surface area contributed by atoms with Gasteiger partial charge in [0.15, 0.2) is 0 Å². The minimum absolute atomic E-state index is 0.0539. The van der Waals surface area contributed by atoms with E-state index in [1.165, 1.54) is 10.9 Å². The maximum Gasteiger partial charge on any atom is 0.254 e. The molecule has 3 aromatic rings. The van der Waals surface area contributed by atoms with Crippen molar-refractivity contribution in [3.8, 4) is 0 Å². The second-order valence-electron chi connectivity index (χ2n) is 9.54. The number of amides is 2. The highest BCUT2D eigenvalue weighted by atomic mass is 16.2. The van der Waals surface area contributed by atoms with Gasteiger partial charge >= 0.3 is 0 Å². The van der Waals surface area contributed by atoms with Gasteiger partial charge in [-0.25, -0.2) is 0 Å². The fourth-order valence-electron chi connectivity index (χ4n) is 6.07. The highest BCUT2D eigenvalue weighted by Crippen LogP contribution is 2.50. The monoisotopic (exact) mass is 443 g/mol. The number of H-pyrrole nitrogens is 1. The number of nitrogens with zero attached hydrogens (tertiary/aromatic N) is 1. The normalized spacial score (nSPS) is 19.2. The summed E-state index contributed by atoms with van der Waals surface area (Å²) in [4.78, 5) is 32.7. The van der Waals surface area contributed by atoms with E-state index in [2.05, 4.69) is 34.3 Å². The van der Waals surface area contributed by atoms with Crippen LogP contribution < -0.4 is 5.32 Å². The van der Waals surface area contributed by atoms with Gasteiger partial charge in [0.25, 0.3) is 5.91 Å². The molecule has 1 aliphatic carbocycles. The Morgan fingerprint density at radius 2 is 1.88 bits per heavy atom. The molecule has 1 fully saturated rings. The second-order valence-corrected chi connectivity index (χ2v) is 9.54. The zero-order chi connectivity index (χ0) is 22.8. The van der Waals surface area contributed by atoms with Gasteiger partial charge in [0.1, 0.15) is 0 Å². The highest BCUT2D eigenvalue weighted by Gasteiger charge is 2.55. The average Bonchev–Trinajstić information content (AvgIpc) is 3.47. The molecular weight excluding hydrogens is 410 g/mol. The Labute approximate surface area is 195 Å². The number of aromatic nitrogens is 1. The first kappa shape index (κ1) is 21.7. The van der Waals surface area contributed by atoms with E-state index in [9.17, 15) is 9.59 Å². The second kappa shape index (κ2) is 9.05. The molecule has 2 heterocycles. The zero-order valence-electron chi connectivity index (χ0n) is 19.4. The van der Waals surface area contributed by atoms with Gasteiger partial charge < -0.3 is 15.2 Å². The van der Waals surface area contributed by atoms with E-state index >= 15 is 0 Å². The third-order valence-electron chi connectivity index (χ3n) is 7.66. The first-order chi connectivity index (χ1) is 16.2. The number of fused-ring (bicyclic) bond motifs is 2. The lowest BCUT2D eigenvalue weighted by molar-refractivity contribution is -0.126. The van der Waals surface area contributed by atoms with Gasteiger partial charge in [-0.15, -0.1) is 0 Å². The fourth-order valence-corrected chi connectivity index (χ4v) is 6.07. The molecule has 2 aliphatic rings. The smallest absolute Gasteiger partial charge is 0.254 e. The van der Waals surface area contributed by atoms with E-state index in [4.69, 9.17) is 0 Å². The maximum absolute atomic E-state index is 13.8. The van der Waals surface area contributed by atoms with Crippen LogP contribution in [0.1, 0.15) is 72.9 Å². The molecule has 0 unspecified atom stereocenters. The number of unbranched alkanes of at least 4 members (excludes halogenated alkanes) is 1. The molecule has 0 saturated heterocycles. The molecular formula is C28H33N3O2. The van der Waals surface area contributed by atoms with Crippen LogP contribution in [0.2, 0.25) is 0 Å². The lowest BCUT2D eigenvalue weighted by Gasteiger charge is -2.50. The highest BCUT2D eigenvalue weighted by molar-refractivity contribution is 6.02. The topological polar surface area (TPSA) is 65.2 Å². The van der Waals surface area contributed by atoms with Crippen molar-refractivity contribution >= 4 is 22.7 Å². The predicted octanol–water partition coefficient (Wildman–Crippen LogP) is 5.18. The lowest BCUT2D eigenvalue weighted by atomic mass is 9.71. The summed E-state index contributed by atoms with van der Waals surface area (Å²) < 4.78 is 0. The van der Waals surface area contributed by atoms with E-state index in [0.717, 1.165) is 62.6 Å². The van der Waals surface area contributed by atoms with Crippen molar-refractivity contribution in [2.45, 2.75) is 63.3 Å². The summed E-state index contributed by atoms with van der Waals surface area (Å²) in [7, 11) is 0. The Morgan fingerprint density at radius 1 is 1.12 bits per heavy atom. The van der Waals surface area contributed by atoms with Gasteiger partial charge in [-0.05, 0) is 48.9 Å². The number of rotatable bonds is 7. The lowest BCUT2D eigenvalue weighted by Crippen LogP contribution is -2.60. The molecule has 2 amide bonds.